The number of hydrogen-bond acceptors (Lipinski definition) is 7. The SMILES string of the molecule is COCCNC(=O)c1cnc(N(C)C)nc1C1CCN(C(=O)CN2CCCCCC2)C1. The summed E-state index contributed by atoms with van der Waals surface area (Å²) in [5.41, 5.74) is 1.20. The van der Waals surface area contributed by atoms with Crippen LogP contribution in [0.5, 0.6) is 0 Å². The molecule has 0 spiro atoms. The van der Waals surface area contributed by atoms with Gasteiger partial charge in [0.2, 0.25) is 11.9 Å². The summed E-state index contributed by atoms with van der Waals surface area (Å²) >= 11 is 0. The quantitative estimate of drug-likeness (QED) is 0.616. The normalized spacial score (nSPS) is 19.8. The smallest absolute Gasteiger partial charge is 0.254 e. The molecule has 0 saturated carbocycles. The van der Waals surface area contributed by atoms with Gasteiger partial charge in [0, 0.05) is 53.0 Å². The Bertz CT molecular complexity index is 749. The number of hydrogen-bond donors (Lipinski definition) is 1. The molecule has 2 fully saturated rings. The van der Waals surface area contributed by atoms with E-state index in [1.807, 2.05) is 23.9 Å². The van der Waals surface area contributed by atoms with Gasteiger partial charge in [0.05, 0.1) is 24.4 Å². The van der Waals surface area contributed by atoms with Crippen LogP contribution in [-0.4, -0.2) is 98.7 Å². The van der Waals surface area contributed by atoms with Gasteiger partial charge in [0.1, 0.15) is 0 Å². The molecule has 2 aliphatic rings. The molecule has 0 bridgehead atoms. The first kappa shape index (κ1) is 23.4. The van der Waals surface area contributed by atoms with E-state index in [1.54, 1.807) is 13.3 Å². The molecule has 0 aromatic carbocycles. The molecule has 9 heteroatoms. The minimum absolute atomic E-state index is 0.0259. The van der Waals surface area contributed by atoms with E-state index < -0.39 is 0 Å². The van der Waals surface area contributed by atoms with Crippen LogP contribution in [0, 0.1) is 0 Å². The van der Waals surface area contributed by atoms with Gasteiger partial charge in [-0.2, -0.15) is 0 Å². The van der Waals surface area contributed by atoms with Gasteiger partial charge in [-0.1, -0.05) is 12.8 Å². The van der Waals surface area contributed by atoms with Crippen molar-refractivity contribution in [2.24, 2.45) is 0 Å². The lowest BCUT2D eigenvalue weighted by atomic mass is 10.00. The summed E-state index contributed by atoms with van der Waals surface area (Å²) < 4.78 is 5.02. The molecule has 0 aliphatic carbocycles. The fraction of sp³-hybridized carbons (Fsp3) is 0.727. The zero-order chi connectivity index (χ0) is 22.2. The van der Waals surface area contributed by atoms with E-state index in [0.717, 1.165) is 25.2 Å². The molecule has 2 aliphatic heterocycles. The van der Waals surface area contributed by atoms with Crippen LogP contribution in [0.4, 0.5) is 5.95 Å². The van der Waals surface area contributed by atoms with Crippen molar-refractivity contribution in [2.45, 2.75) is 38.0 Å². The second-order valence-electron chi connectivity index (χ2n) is 8.63. The third kappa shape index (κ3) is 6.36. The van der Waals surface area contributed by atoms with Crippen molar-refractivity contribution in [3.05, 3.63) is 17.5 Å². The zero-order valence-electron chi connectivity index (χ0n) is 19.1. The van der Waals surface area contributed by atoms with Gasteiger partial charge in [-0.3, -0.25) is 14.5 Å². The van der Waals surface area contributed by atoms with Crippen molar-refractivity contribution in [2.75, 3.05) is 72.0 Å². The van der Waals surface area contributed by atoms with Gasteiger partial charge < -0.3 is 19.9 Å². The van der Waals surface area contributed by atoms with Gasteiger partial charge in [-0.25, -0.2) is 9.97 Å². The summed E-state index contributed by atoms with van der Waals surface area (Å²) in [5.74, 6) is 0.569. The Labute approximate surface area is 185 Å². The lowest BCUT2D eigenvalue weighted by Gasteiger charge is -2.23. The Morgan fingerprint density at radius 3 is 2.61 bits per heavy atom. The number of rotatable bonds is 8. The van der Waals surface area contributed by atoms with Crippen LogP contribution in [0.1, 0.15) is 54.1 Å². The maximum Gasteiger partial charge on any atom is 0.254 e. The third-order valence-electron chi connectivity index (χ3n) is 6.03. The van der Waals surface area contributed by atoms with Gasteiger partial charge in [0.25, 0.3) is 5.91 Å². The average molecular weight is 433 g/mol. The van der Waals surface area contributed by atoms with E-state index in [-0.39, 0.29) is 17.7 Å². The maximum absolute atomic E-state index is 12.9. The highest BCUT2D eigenvalue weighted by Gasteiger charge is 2.32. The van der Waals surface area contributed by atoms with Gasteiger partial charge >= 0.3 is 0 Å². The molecule has 1 atom stereocenters. The monoisotopic (exact) mass is 432 g/mol. The predicted octanol–water partition coefficient (Wildman–Crippen LogP) is 1.11. The Kier molecular flexibility index (Phi) is 8.60. The Balaban J connectivity index is 1.69. The minimum atomic E-state index is -0.202. The number of carbonyl (C=O) groups is 2. The van der Waals surface area contributed by atoms with E-state index in [9.17, 15) is 9.59 Å². The summed E-state index contributed by atoms with van der Waals surface area (Å²) in [5, 5.41) is 2.86. The minimum Gasteiger partial charge on any atom is -0.383 e. The molecule has 1 unspecified atom stereocenters. The lowest BCUT2D eigenvalue weighted by molar-refractivity contribution is -0.131. The first-order valence-corrected chi connectivity index (χ1v) is 11.3. The molecule has 9 nitrogen and oxygen atoms in total. The van der Waals surface area contributed by atoms with Crippen molar-refractivity contribution in [3.63, 3.8) is 0 Å². The second kappa shape index (κ2) is 11.4. The topological polar surface area (TPSA) is 90.9 Å². The van der Waals surface area contributed by atoms with E-state index in [0.29, 0.717) is 44.3 Å². The van der Waals surface area contributed by atoms with Crippen LogP contribution in [0.25, 0.3) is 0 Å². The summed E-state index contributed by atoms with van der Waals surface area (Å²) in [6.45, 7) is 4.66. The fourth-order valence-corrected chi connectivity index (χ4v) is 4.24. The van der Waals surface area contributed by atoms with Crippen LogP contribution in [-0.2, 0) is 9.53 Å². The van der Waals surface area contributed by atoms with E-state index in [4.69, 9.17) is 9.72 Å². The number of anilines is 1. The molecule has 31 heavy (non-hydrogen) atoms. The molecule has 2 amide bonds. The van der Waals surface area contributed by atoms with Crippen LogP contribution in [0.3, 0.4) is 0 Å². The molecule has 172 valence electrons. The molecular formula is C22H36N6O3. The average Bonchev–Trinajstić information content (AvgIpc) is 3.12. The number of methoxy groups -OCH3 is 1. The Morgan fingerprint density at radius 2 is 1.94 bits per heavy atom. The number of nitrogens with zero attached hydrogens (tertiary/aromatic N) is 5. The largest absolute Gasteiger partial charge is 0.383 e. The molecule has 3 heterocycles. The molecule has 0 radical (unpaired) electrons. The molecule has 1 aromatic rings. The predicted molar refractivity (Wildman–Crippen MR) is 119 cm³/mol. The number of aromatic nitrogens is 2. The first-order valence-electron chi connectivity index (χ1n) is 11.3. The zero-order valence-corrected chi connectivity index (χ0v) is 19.1. The third-order valence-corrected chi connectivity index (χ3v) is 6.03. The van der Waals surface area contributed by atoms with Crippen LogP contribution < -0.4 is 10.2 Å². The van der Waals surface area contributed by atoms with Crippen molar-refractivity contribution in [1.29, 1.82) is 0 Å². The lowest BCUT2D eigenvalue weighted by Crippen LogP contribution is -2.39. The van der Waals surface area contributed by atoms with Crippen molar-refractivity contribution < 1.29 is 14.3 Å². The number of ether oxygens (including phenoxy) is 1. The highest BCUT2D eigenvalue weighted by atomic mass is 16.5. The maximum atomic E-state index is 12.9. The fourth-order valence-electron chi connectivity index (χ4n) is 4.24. The van der Waals surface area contributed by atoms with E-state index >= 15 is 0 Å². The number of amides is 2. The van der Waals surface area contributed by atoms with E-state index in [1.165, 1.54) is 25.7 Å². The standard InChI is InChI=1S/C22H36N6O3/c1-26(2)22-24-14-18(21(30)23-9-13-31-3)20(25-22)17-8-12-28(15-17)19(29)16-27-10-6-4-5-7-11-27/h14,17H,4-13,15-16H2,1-3H3,(H,23,30). The molecule has 1 N–H and O–H groups in total. The summed E-state index contributed by atoms with van der Waals surface area (Å²) in [6.07, 6.45) is 7.26. The summed E-state index contributed by atoms with van der Waals surface area (Å²) in [6, 6.07) is 0. The highest BCUT2D eigenvalue weighted by molar-refractivity contribution is 5.95. The Morgan fingerprint density at radius 1 is 1.19 bits per heavy atom. The van der Waals surface area contributed by atoms with Crippen LogP contribution >= 0.6 is 0 Å². The van der Waals surface area contributed by atoms with Crippen LogP contribution in [0.2, 0.25) is 0 Å². The van der Waals surface area contributed by atoms with Gasteiger partial charge in [-0.05, 0) is 32.4 Å². The first-order chi connectivity index (χ1) is 15.0. The molecular weight excluding hydrogens is 396 g/mol. The second-order valence-corrected chi connectivity index (χ2v) is 8.63. The van der Waals surface area contributed by atoms with E-state index in [2.05, 4.69) is 15.2 Å². The summed E-state index contributed by atoms with van der Waals surface area (Å²) in [4.78, 5) is 40.7. The summed E-state index contributed by atoms with van der Waals surface area (Å²) in [7, 11) is 5.36. The number of likely N-dealkylation sites (tertiary alicyclic amines) is 2. The van der Waals surface area contributed by atoms with Crippen LogP contribution in [0.15, 0.2) is 6.20 Å². The van der Waals surface area contributed by atoms with Crippen molar-refractivity contribution in [1.82, 2.24) is 25.1 Å². The molecule has 2 saturated heterocycles. The molecule has 3 rings (SSSR count). The molecule has 1 aromatic heterocycles. The number of nitrogens with one attached hydrogen (secondary N) is 1. The number of carbonyl (C=O) groups excluding carboxylic acids is 2. The van der Waals surface area contributed by atoms with Crippen molar-refractivity contribution >= 4 is 17.8 Å². The van der Waals surface area contributed by atoms with Crippen molar-refractivity contribution in [3.8, 4) is 0 Å². The highest BCUT2D eigenvalue weighted by Crippen LogP contribution is 2.29. The Hall–Kier alpha value is -2.26. The van der Waals surface area contributed by atoms with Gasteiger partial charge in [0.15, 0.2) is 0 Å². The van der Waals surface area contributed by atoms with Gasteiger partial charge in [-0.15, -0.1) is 0 Å².